The SMILES string of the molecule is CCCC(C)(C[C@H]1O[C@@H](n2cc(-c3cn(-c4ccccc4)nn3)c(=O)[nH]c2=O)C(O)C1O)OP(=O)(O)C(O)(CC)CC. The van der Waals surface area contributed by atoms with E-state index in [4.69, 9.17) is 9.26 Å². The fourth-order valence-electron chi connectivity index (χ4n) is 5.25. The molecule has 230 valence electrons. The van der Waals surface area contributed by atoms with Crippen molar-refractivity contribution >= 4 is 7.60 Å². The minimum absolute atomic E-state index is 0.0145. The first-order valence-electron chi connectivity index (χ1n) is 13.9. The summed E-state index contributed by atoms with van der Waals surface area (Å²) in [4.78, 5) is 38.4. The molecular weight excluding hydrogens is 569 g/mol. The molecule has 42 heavy (non-hydrogen) atoms. The summed E-state index contributed by atoms with van der Waals surface area (Å²) in [5.41, 5.74) is -2.14. The normalized spacial score (nSPS) is 23.9. The number of nitrogens with one attached hydrogen (secondary N) is 1. The lowest BCUT2D eigenvalue weighted by Gasteiger charge is -2.39. The fraction of sp³-hybridized carbons (Fsp3) is 0.556. The van der Waals surface area contributed by atoms with Gasteiger partial charge in [0.1, 0.15) is 17.9 Å². The summed E-state index contributed by atoms with van der Waals surface area (Å²) in [6.45, 7) is 6.57. The maximum atomic E-state index is 13.2. The van der Waals surface area contributed by atoms with Crippen molar-refractivity contribution in [2.24, 2.45) is 0 Å². The Kier molecular flexibility index (Phi) is 9.38. The summed E-state index contributed by atoms with van der Waals surface area (Å²) in [6, 6.07) is 9.06. The number of aliphatic hydroxyl groups excluding tert-OH is 2. The number of aromatic nitrogens is 5. The lowest BCUT2D eigenvalue weighted by molar-refractivity contribution is -0.0732. The summed E-state index contributed by atoms with van der Waals surface area (Å²) in [5.74, 6) is 0. The Hall–Kier alpha value is -2.97. The summed E-state index contributed by atoms with van der Waals surface area (Å²) in [6.07, 6.45) is -2.32. The first-order valence-corrected chi connectivity index (χ1v) is 15.5. The number of benzene rings is 1. The van der Waals surface area contributed by atoms with Crippen LogP contribution in [-0.2, 0) is 13.8 Å². The number of aromatic amines is 1. The van der Waals surface area contributed by atoms with Crippen molar-refractivity contribution < 1.29 is 34.0 Å². The minimum Gasteiger partial charge on any atom is -0.388 e. The van der Waals surface area contributed by atoms with E-state index in [0.29, 0.717) is 12.1 Å². The van der Waals surface area contributed by atoms with Gasteiger partial charge in [-0.3, -0.25) is 18.9 Å². The third kappa shape index (κ3) is 6.20. The molecule has 14 nitrogen and oxygen atoms in total. The van der Waals surface area contributed by atoms with Crippen LogP contribution in [0.3, 0.4) is 0 Å². The molecule has 1 saturated heterocycles. The van der Waals surface area contributed by atoms with E-state index < -0.39 is 54.3 Å². The molecule has 6 atom stereocenters. The van der Waals surface area contributed by atoms with Gasteiger partial charge in [0.15, 0.2) is 11.6 Å². The van der Waals surface area contributed by atoms with Crippen LogP contribution in [0.25, 0.3) is 16.9 Å². The summed E-state index contributed by atoms with van der Waals surface area (Å²) < 4.78 is 27.2. The van der Waals surface area contributed by atoms with Crippen molar-refractivity contribution in [3.05, 3.63) is 63.6 Å². The van der Waals surface area contributed by atoms with Crippen LogP contribution in [0.5, 0.6) is 0 Å². The van der Waals surface area contributed by atoms with E-state index in [-0.39, 0.29) is 36.9 Å². The minimum atomic E-state index is -4.56. The van der Waals surface area contributed by atoms with Gasteiger partial charge in [-0.05, 0) is 38.3 Å². The van der Waals surface area contributed by atoms with Gasteiger partial charge in [-0.2, -0.15) is 0 Å². The second-order valence-corrected chi connectivity index (χ2v) is 12.9. The van der Waals surface area contributed by atoms with Gasteiger partial charge < -0.3 is 29.5 Å². The van der Waals surface area contributed by atoms with Crippen LogP contribution in [0.1, 0.15) is 66.0 Å². The molecule has 1 aliphatic heterocycles. The summed E-state index contributed by atoms with van der Waals surface area (Å²) >= 11 is 0. The zero-order valence-electron chi connectivity index (χ0n) is 24.0. The van der Waals surface area contributed by atoms with Gasteiger partial charge in [0.05, 0.1) is 29.2 Å². The van der Waals surface area contributed by atoms with Gasteiger partial charge in [-0.15, -0.1) is 5.10 Å². The van der Waals surface area contributed by atoms with Crippen LogP contribution in [0.2, 0.25) is 0 Å². The van der Waals surface area contributed by atoms with Crippen LogP contribution < -0.4 is 11.2 Å². The molecule has 0 bridgehead atoms. The average Bonchev–Trinajstić information content (AvgIpc) is 3.54. The summed E-state index contributed by atoms with van der Waals surface area (Å²) in [5, 5.41) is 38.7. The number of hydrogen-bond acceptors (Lipinski definition) is 10. The van der Waals surface area contributed by atoms with Crippen LogP contribution in [0, 0.1) is 0 Å². The first kappa shape index (κ1) is 32.0. The molecule has 0 aliphatic carbocycles. The highest BCUT2D eigenvalue weighted by Crippen LogP contribution is 2.60. The Morgan fingerprint density at radius 3 is 2.38 bits per heavy atom. The Labute approximate surface area is 242 Å². The van der Waals surface area contributed by atoms with E-state index in [2.05, 4.69) is 15.3 Å². The number of nitrogens with zero attached hydrogens (tertiary/aromatic N) is 4. The molecular formula is C27H38N5O9P. The standard InChI is InChI=1S/C27H38N5O9P/c1-5-13-26(4,41-42(38,39)27(37,6-2)7-3)14-20-21(33)22(34)24(40-20)31-15-18(23(35)28-25(31)36)19-16-32(30-29-19)17-11-9-8-10-12-17/h8-12,15-16,20-22,24,33-34,37H,5-7,13-14H2,1-4H3,(H,38,39)(H,28,35,36)/t20-,21?,22?,24-,26?/m1/s1. The van der Waals surface area contributed by atoms with Crippen LogP contribution >= 0.6 is 7.60 Å². The van der Waals surface area contributed by atoms with Crippen molar-refractivity contribution in [2.45, 2.75) is 95.3 Å². The molecule has 5 N–H and O–H groups in total. The molecule has 4 rings (SSSR count). The molecule has 3 aromatic rings. The van der Waals surface area contributed by atoms with E-state index in [9.17, 15) is 34.4 Å². The zero-order chi connectivity index (χ0) is 30.9. The smallest absolute Gasteiger partial charge is 0.359 e. The maximum Gasteiger partial charge on any atom is 0.359 e. The molecule has 1 fully saturated rings. The Morgan fingerprint density at radius 1 is 1.10 bits per heavy atom. The number of rotatable bonds is 12. The second-order valence-electron chi connectivity index (χ2n) is 10.8. The van der Waals surface area contributed by atoms with Crippen LogP contribution in [-0.4, -0.2) is 74.0 Å². The molecule has 15 heteroatoms. The van der Waals surface area contributed by atoms with E-state index in [1.165, 1.54) is 17.1 Å². The fourth-order valence-corrected chi connectivity index (χ4v) is 6.98. The predicted octanol–water partition coefficient (Wildman–Crippen LogP) is 2.06. The van der Waals surface area contributed by atoms with E-state index in [0.717, 1.165) is 4.57 Å². The second kappa shape index (κ2) is 12.3. The van der Waals surface area contributed by atoms with Gasteiger partial charge in [0.2, 0.25) is 0 Å². The van der Waals surface area contributed by atoms with Gasteiger partial charge >= 0.3 is 13.3 Å². The first-order chi connectivity index (χ1) is 19.8. The molecule has 4 unspecified atom stereocenters. The largest absolute Gasteiger partial charge is 0.388 e. The lowest BCUT2D eigenvalue weighted by Crippen LogP contribution is -2.41. The lowest BCUT2D eigenvalue weighted by atomic mass is 9.91. The van der Waals surface area contributed by atoms with E-state index in [1.54, 1.807) is 32.9 Å². The highest BCUT2D eigenvalue weighted by Gasteiger charge is 2.52. The molecule has 3 heterocycles. The van der Waals surface area contributed by atoms with Crippen LogP contribution in [0.15, 0.2) is 52.3 Å². The molecule has 1 aliphatic rings. The Balaban J connectivity index is 1.62. The molecule has 0 spiro atoms. The van der Waals surface area contributed by atoms with Gasteiger partial charge in [-0.25, -0.2) is 9.48 Å². The highest BCUT2D eigenvalue weighted by atomic mass is 31.2. The highest BCUT2D eigenvalue weighted by molar-refractivity contribution is 7.54. The quantitative estimate of drug-likeness (QED) is 0.189. The number of ether oxygens (including phenoxy) is 1. The Morgan fingerprint density at radius 2 is 1.76 bits per heavy atom. The monoisotopic (exact) mass is 607 g/mol. The van der Waals surface area contributed by atoms with Gasteiger partial charge in [0.25, 0.3) is 5.56 Å². The number of aliphatic hydroxyl groups is 3. The number of hydrogen-bond donors (Lipinski definition) is 5. The zero-order valence-corrected chi connectivity index (χ0v) is 24.8. The van der Waals surface area contributed by atoms with Crippen LogP contribution in [0.4, 0.5) is 0 Å². The van der Waals surface area contributed by atoms with E-state index >= 15 is 0 Å². The van der Waals surface area contributed by atoms with Crippen molar-refractivity contribution in [3.8, 4) is 16.9 Å². The van der Waals surface area contributed by atoms with E-state index in [1.807, 2.05) is 25.1 Å². The average molecular weight is 608 g/mol. The third-order valence-electron chi connectivity index (χ3n) is 7.78. The summed E-state index contributed by atoms with van der Waals surface area (Å²) in [7, 11) is -4.56. The van der Waals surface area contributed by atoms with Crippen molar-refractivity contribution in [1.29, 1.82) is 0 Å². The Bertz CT molecular complexity index is 1540. The third-order valence-corrected chi connectivity index (χ3v) is 10.2. The van der Waals surface area contributed by atoms with Crippen molar-refractivity contribution in [2.75, 3.05) is 0 Å². The molecule has 0 amide bonds. The van der Waals surface area contributed by atoms with Crippen molar-refractivity contribution in [1.82, 2.24) is 24.5 Å². The predicted molar refractivity (Wildman–Crippen MR) is 152 cm³/mol. The topological polar surface area (TPSA) is 202 Å². The van der Waals surface area contributed by atoms with Gasteiger partial charge in [0, 0.05) is 12.6 Å². The molecule has 0 radical (unpaired) electrons. The maximum absolute atomic E-state index is 13.2. The molecule has 0 saturated carbocycles. The van der Waals surface area contributed by atoms with Crippen molar-refractivity contribution in [3.63, 3.8) is 0 Å². The number of para-hydroxylation sites is 1. The van der Waals surface area contributed by atoms with Gasteiger partial charge in [-0.1, -0.05) is 50.6 Å². The molecule has 2 aromatic heterocycles. The molecule has 1 aromatic carbocycles. The number of H-pyrrole nitrogens is 1.